The summed E-state index contributed by atoms with van der Waals surface area (Å²) in [5.74, 6) is 0.192. The van der Waals surface area contributed by atoms with E-state index >= 15 is 0 Å². The van der Waals surface area contributed by atoms with Gasteiger partial charge in [0.15, 0.2) is 0 Å². The number of sulfonamides is 1. The van der Waals surface area contributed by atoms with Crippen LogP contribution < -0.4 is 14.8 Å². The zero-order valence-corrected chi connectivity index (χ0v) is 20.6. The fraction of sp³-hybridized carbons (Fsp3) is 0.269. The molecule has 3 aromatic carbocycles. The Morgan fingerprint density at radius 2 is 1.74 bits per heavy atom. The van der Waals surface area contributed by atoms with Gasteiger partial charge in [0, 0.05) is 34.0 Å². The van der Waals surface area contributed by atoms with Gasteiger partial charge in [0.05, 0.1) is 17.5 Å². The van der Waals surface area contributed by atoms with E-state index in [9.17, 15) is 13.2 Å². The van der Waals surface area contributed by atoms with E-state index in [1.165, 1.54) is 19.1 Å². The van der Waals surface area contributed by atoms with Gasteiger partial charge in [0.25, 0.3) is 0 Å². The molecule has 0 unspecified atom stereocenters. The number of amides is 1. The molecule has 4 rings (SSSR count). The predicted molar refractivity (Wildman–Crippen MR) is 136 cm³/mol. The summed E-state index contributed by atoms with van der Waals surface area (Å²) in [5, 5.41) is 4.98. The molecule has 0 saturated heterocycles. The van der Waals surface area contributed by atoms with E-state index in [0.717, 1.165) is 28.4 Å². The Labute approximate surface area is 199 Å². The average molecular weight is 480 g/mol. The van der Waals surface area contributed by atoms with E-state index in [4.69, 9.17) is 4.74 Å². The van der Waals surface area contributed by atoms with Crippen LogP contribution in [0.3, 0.4) is 0 Å². The minimum Gasteiger partial charge on any atom is -0.494 e. The molecular formula is C26H29N3O4S. The van der Waals surface area contributed by atoms with Gasteiger partial charge in [-0.3, -0.25) is 4.79 Å². The quantitative estimate of drug-likeness (QED) is 0.379. The highest BCUT2D eigenvalue weighted by Gasteiger charge is 2.23. The Hall–Kier alpha value is -3.36. The molecule has 0 aliphatic rings. The predicted octanol–water partition coefficient (Wildman–Crippen LogP) is 4.83. The zero-order valence-electron chi connectivity index (χ0n) is 19.8. The first kappa shape index (κ1) is 23.8. The van der Waals surface area contributed by atoms with Crippen molar-refractivity contribution in [3.8, 4) is 5.75 Å². The lowest BCUT2D eigenvalue weighted by atomic mass is 10.1. The first-order valence-electron chi connectivity index (χ1n) is 11.3. The van der Waals surface area contributed by atoms with Gasteiger partial charge < -0.3 is 14.6 Å². The summed E-state index contributed by atoms with van der Waals surface area (Å²) in [4.78, 5) is 12.9. The molecule has 0 bridgehead atoms. The lowest BCUT2D eigenvalue weighted by molar-refractivity contribution is -0.117. The summed E-state index contributed by atoms with van der Waals surface area (Å²) < 4.78 is 35.9. The topological polar surface area (TPSA) is 89.4 Å². The molecule has 0 fully saturated rings. The number of hydrogen-bond donors (Lipinski definition) is 2. The summed E-state index contributed by atoms with van der Waals surface area (Å²) in [5.41, 5.74) is 3.54. The number of anilines is 1. The largest absolute Gasteiger partial charge is 0.494 e. The first-order valence-corrected chi connectivity index (χ1v) is 12.8. The summed E-state index contributed by atoms with van der Waals surface area (Å²) in [6, 6.07) is 17.6. The van der Waals surface area contributed by atoms with Crippen LogP contribution in [-0.2, 0) is 21.4 Å². The third-order valence-electron chi connectivity index (χ3n) is 5.84. The monoisotopic (exact) mass is 479 g/mol. The van der Waals surface area contributed by atoms with Crippen LogP contribution in [0, 0.1) is 6.92 Å². The highest BCUT2D eigenvalue weighted by atomic mass is 32.2. The number of aryl methyl sites for hydroxylation is 2. The van der Waals surface area contributed by atoms with Crippen LogP contribution in [-0.4, -0.2) is 31.5 Å². The minimum atomic E-state index is -3.88. The second-order valence-electron chi connectivity index (χ2n) is 8.19. The van der Waals surface area contributed by atoms with Gasteiger partial charge in [-0.25, -0.2) is 8.42 Å². The van der Waals surface area contributed by atoms with Crippen LogP contribution >= 0.6 is 0 Å². The second-order valence-corrected chi connectivity index (χ2v) is 9.90. The van der Waals surface area contributed by atoms with E-state index < -0.39 is 22.0 Å². The fourth-order valence-electron chi connectivity index (χ4n) is 4.18. The standard InChI is InChI=1S/C26H29N3O4S/c1-5-29-23-10-8-7-9-21(23)22-16-19(11-13-24(22)29)27-26(30)18(4)28-34(31,32)20-12-14-25(33-6-2)17(3)15-20/h7-16,18,28H,5-6H2,1-4H3,(H,27,30)/t18-/m1/s1. The highest BCUT2D eigenvalue weighted by Crippen LogP contribution is 2.31. The van der Waals surface area contributed by atoms with Crippen molar-refractivity contribution in [1.82, 2.24) is 9.29 Å². The van der Waals surface area contributed by atoms with Gasteiger partial charge in [0.1, 0.15) is 5.75 Å². The van der Waals surface area contributed by atoms with Crippen LogP contribution in [0.1, 0.15) is 26.3 Å². The van der Waals surface area contributed by atoms with Crippen LogP contribution in [0.15, 0.2) is 65.6 Å². The van der Waals surface area contributed by atoms with Crippen molar-refractivity contribution >= 4 is 43.4 Å². The molecule has 7 nitrogen and oxygen atoms in total. The molecule has 1 amide bonds. The molecule has 178 valence electrons. The van der Waals surface area contributed by atoms with Crippen LogP contribution in [0.2, 0.25) is 0 Å². The Kier molecular flexibility index (Phi) is 6.63. The van der Waals surface area contributed by atoms with E-state index in [1.54, 1.807) is 13.0 Å². The number of nitrogens with one attached hydrogen (secondary N) is 2. The van der Waals surface area contributed by atoms with Crippen molar-refractivity contribution in [2.45, 2.75) is 45.2 Å². The van der Waals surface area contributed by atoms with Crippen molar-refractivity contribution < 1.29 is 17.9 Å². The second kappa shape index (κ2) is 9.48. The molecule has 2 N–H and O–H groups in total. The van der Waals surface area contributed by atoms with Gasteiger partial charge >= 0.3 is 0 Å². The first-order chi connectivity index (χ1) is 16.2. The Balaban J connectivity index is 1.53. The van der Waals surface area contributed by atoms with Gasteiger partial charge in [0.2, 0.25) is 15.9 Å². The molecule has 0 saturated carbocycles. The van der Waals surface area contributed by atoms with E-state index in [0.29, 0.717) is 23.6 Å². The van der Waals surface area contributed by atoms with Gasteiger partial charge in [-0.1, -0.05) is 18.2 Å². The molecule has 1 heterocycles. The maximum atomic E-state index is 12.8. The van der Waals surface area contributed by atoms with E-state index in [2.05, 4.69) is 33.7 Å². The molecule has 0 aliphatic carbocycles. The number of nitrogens with zero attached hydrogens (tertiary/aromatic N) is 1. The van der Waals surface area contributed by atoms with Gasteiger partial charge in [-0.15, -0.1) is 0 Å². The number of hydrogen-bond acceptors (Lipinski definition) is 4. The summed E-state index contributed by atoms with van der Waals surface area (Å²) >= 11 is 0. The number of fused-ring (bicyclic) bond motifs is 3. The number of aromatic nitrogens is 1. The summed E-state index contributed by atoms with van der Waals surface area (Å²) in [6.45, 7) is 8.60. The number of benzene rings is 3. The van der Waals surface area contributed by atoms with E-state index in [1.807, 2.05) is 37.3 Å². The Morgan fingerprint density at radius 1 is 1.00 bits per heavy atom. The maximum absolute atomic E-state index is 12.8. The van der Waals surface area contributed by atoms with Gasteiger partial charge in [-0.2, -0.15) is 4.72 Å². The third-order valence-corrected chi connectivity index (χ3v) is 7.38. The number of ether oxygens (including phenoxy) is 1. The average Bonchev–Trinajstić information content (AvgIpc) is 3.13. The molecule has 0 spiro atoms. The van der Waals surface area contributed by atoms with Crippen molar-refractivity contribution in [2.24, 2.45) is 0 Å². The lowest BCUT2D eigenvalue weighted by Crippen LogP contribution is -2.41. The van der Waals surface area contributed by atoms with E-state index in [-0.39, 0.29) is 4.90 Å². The normalized spacial score (nSPS) is 12.7. The number of carbonyl (C=O) groups is 1. The van der Waals surface area contributed by atoms with Crippen molar-refractivity contribution in [3.05, 3.63) is 66.2 Å². The van der Waals surface area contributed by atoms with Crippen molar-refractivity contribution in [2.75, 3.05) is 11.9 Å². The molecule has 1 atom stereocenters. The van der Waals surface area contributed by atoms with Crippen LogP contribution in [0.5, 0.6) is 5.75 Å². The Morgan fingerprint density at radius 3 is 2.44 bits per heavy atom. The van der Waals surface area contributed by atoms with Crippen molar-refractivity contribution in [3.63, 3.8) is 0 Å². The number of rotatable bonds is 8. The molecule has 34 heavy (non-hydrogen) atoms. The lowest BCUT2D eigenvalue weighted by Gasteiger charge is -2.16. The molecule has 0 radical (unpaired) electrons. The minimum absolute atomic E-state index is 0.0851. The number of carbonyl (C=O) groups excluding carboxylic acids is 1. The molecule has 1 aromatic heterocycles. The molecule has 4 aromatic rings. The SMILES string of the molecule is CCOc1ccc(S(=O)(=O)N[C@H](C)C(=O)Nc2ccc3c(c2)c2ccccc2n3CC)cc1C. The van der Waals surface area contributed by atoms with Crippen molar-refractivity contribution in [1.29, 1.82) is 0 Å². The smallest absolute Gasteiger partial charge is 0.242 e. The molecule has 8 heteroatoms. The maximum Gasteiger partial charge on any atom is 0.242 e. The fourth-order valence-corrected chi connectivity index (χ4v) is 5.47. The van der Waals surface area contributed by atoms with Gasteiger partial charge in [-0.05, 0) is 75.7 Å². The number of para-hydroxylation sites is 1. The summed E-state index contributed by atoms with van der Waals surface area (Å²) in [6.07, 6.45) is 0. The Bertz CT molecular complexity index is 1470. The highest BCUT2D eigenvalue weighted by molar-refractivity contribution is 7.89. The van der Waals surface area contributed by atoms with Crippen LogP contribution in [0.4, 0.5) is 5.69 Å². The molecular weight excluding hydrogens is 450 g/mol. The zero-order chi connectivity index (χ0) is 24.5. The molecule has 0 aliphatic heterocycles. The van der Waals surface area contributed by atoms with Crippen LogP contribution in [0.25, 0.3) is 21.8 Å². The summed E-state index contributed by atoms with van der Waals surface area (Å²) in [7, 11) is -3.88. The third kappa shape index (κ3) is 4.51.